The molecule has 4 heteroatoms. The van der Waals surface area contributed by atoms with Crippen LogP contribution < -0.4 is 10.2 Å². The van der Waals surface area contributed by atoms with E-state index in [9.17, 15) is 4.79 Å². The molecule has 2 rings (SSSR count). The second-order valence-corrected chi connectivity index (χ2v) is 5.75. The SMILES string of the molecule is CCCCC(=O)Nc1ccc(N2CCCC(C)C2)nc1. The molecule has 4 nitrogen and oxygen atoms in total. The molecule has 0 bridgehead atoms. The van der Waals surface area contributed by atoms with Gasteiger partial charge in [0, 0.05) is 19.5 Å². The van der Waals surface area contributed by atoms with Crippen LogP contribution >= 0.6 is 0 Å². The second-order valence-electron chi connectivity index (χ2n) is 5.75. The molecule has 1 aromatic heterocycles. The molecule has 1 saturated heterocycles. The van der Waals surface area contributed by atoms with Crippen molar-refractivity contribution in [2.75, 3.05) is 23.3 Å². The minimum Gasteiger partial charge on any atom is -0.356 e. The van der Waals surface area contributed by atoms with Crippen molar-refractivity contribution in [3.63, 3.8) is 0 Å². The molecule has 110 valence electrons. The zero-order chi connectivity index (χ0) is 14.4. The van der Waals surface area contributed by atoms with E-state index in [0.717, 1.165) is 43.4 Å². The summed E-state index contributed by atoms with van der Waals surface area (Å²) < 4.78 is 0. The Hall–Kier alpha value is -1.58. The number of nitrogens with zero attached hydrogens (tertiary/aromatic N) is 2. The summed E-state index contributed by atoms with van der Waals surface area (Å²) in [5, 5.41) is 2.90. The number of amides is 1. The third-order valence-corrected chi connectivity index (χ3v) is 3.77. The number of carbonyl (C=O) groups excluding carboxylic acids is 1. The third kappa shape index (κ3) is 4.22. The van der Waals surface area contributed by atoms with Crippen LogP contribution in [0.4, 0.5) is 11.5 Å². The Balaban J connectivity index is 1.90. The van der Waals surface area contributed by atoms with Gasteiger partial charge in [-0.15, -0.1) is 0 Å². The lowest BCUT2D eigenvalue weighted by Crippen LogP contribution is -2.34. The first kappa shape index (κ1) is 14.8. The van der Waals surface area contributed by atoms with Crippen molar-refractivity contribution in [3.05, 3.63) is 18.3 Å². The molecular weight excluding hydrogens is 250 g/mol. The van der Waals surface area contributed by atoms with Crippen LogP contribution in [0.3, 0.4) is 0 Å². The molecule has 1 aliphatic rings. The minimum absolute atomic E-state index is 0.0768. The molecule has 20 heavy (non-hydrogen) atoms. The number of unbranched alkanes of at least 4 members (excludes halogenated alkanes) is 1. The molecule has 0 aromatic carbocycles. The van der Waals surface area contributed by atoms with Crippen LogP contribution in [-0.4, -0.2) is 24.0 Å². The van der Waals surface area contributed by atoms with Crippen molar-refractivity contribution in [2.45, 2.75) is 46.0 Å². The largest absolute Gasteiger partial charge is 0.356 e. The predicted molar refractivity (Wildman–Crippen MR) is 83.0 cm³/mol. The van der Waals surface area contributed by atoms with E-state index in [0.29, 0.717) is 6.42 Å². The van der Waals surface area contributed by atoms with Gasteiger partial charge in [-0.2, -0.15) is 0 Å². The lowest BCUT2D eigenvalue weighted by atomic mass is 10.0. The second kappa shape index (κ2) is 7.27. The topological polar surface area (TPSA) is 45.2 Å². The molecule has 1 aromatic rings. The van der Waals surface area contributed by atoms with Gasteiger partial charge in [0.1, 0.15) is 5.82 Å². The van der Waals surface area contributed by atoms with Crippen molar-refractivity contribution in [1.82, 2.24) is 4.98 Å². The number of rotatable bonds is 5. The van der Waals surface area contributed by atoms with E-state index >= 15 is 0 Å². The van der Waals surface area contributed by atoms with Crippen molar-refractivity contribution in [2.24, 2.45) is 5.92 Å². The maximum absolute atomic E-state index is 11.7. The molecule has 1 fully saturated rings. The maximum Gasteiger partial charge on any atom is 0.224 e. The Morgan fingerprint density at radius 3 is 3.00 bits per heavy atom. The monoisotopic (exact) mass is 275 g/mol. The van der Waals surface area contributed by atoms with Crippen molar-refractivity contribution >= 4 is 17.4 Å². The zero-order valence-corrected chi connectivity index (χ0v) is 12.6. The summed E-state index contributed by atoms with van der Waals surface area (Å²) >= 11 is 0. The van der Waals surface area contributed by atoms with Gasteiger partial charge in [-0.3, -0.25) is 4.79 Å². The number of anilines is 2. The quantitative estimate of drug-likeness (QED) is 0.895. The van der Waals surface area contributed by atoms with Crippen LogP contribution in [0.2, 0.25) is 0 Å². The first-order valence-corrected chi connectivity index (χ1v) is 7.70. The molecule has 0 aliphatic carbocycles. The highest BCUT2D eigenvalue weighted by Gasteiger charge is 2.17. The average Bonchev–Trinajstić information content (AvgIpc) is 2.46. The van der Waals surface area contributed by atoms with Gasteiger partial charge >= 0.3 is 0 Å². The van der Waals surface area contributed by atoms with E-state index in [4.69, 9.17) is 0 Å². The number of piperidine rings is 1. The van der Waals surface area contributed by atoms with Crippen molar-refractivity contribution in [3.8, 4) is 0 Å². The molecule has 1 aliphatic heterocycles. The van der Waals surface area contributed by atoms with Gasteiger partial charge < -0.3 is 10.2 Å². The number of carbonyl (C=O) groups is 1. The summed E-state index contributed by atoms with van der Waals surface area (Å²) in [6, 6.07) is 3.96. The van der Waals surface area contributed by atoms with Gasteiger partial charge in [0.2, 0.25) is 5.91 Å². The van der Waals surface area contributed by atoms with E-state index in [1.165, 1.54) is 12.8 Å². The van der Waals surface area contributed by atoms with E-state index in [1.807, 2.05) is 12.1 Å². The summed E-state index contributed by atoms with van der Waals surface area (Å²) in [4.78, 5) is 18.5. The molecule has 1 N–H and O–H groups in total. The summed E-state index contributed by atoms with van der Waals surface area (Å²) in [7, 11) is 0. The standard InChI is InChI=1S/C16H25N3O/c1-3-4-7-16(20)18-14-8-9-15(17-11-14)19-10-5-6-13(2)12-19/h8-9,11,13H,3-7,10,12H2,1-2H3,(H,18,20). The average molecular weight is 275 g/mol. The summed E-state index contributed by atoms with van der Waals surface area (Å²) in [6.07, 6.45) is 6.86. The lowest BCUT2D eigenvalue weighted by molar-refractivity contribution is -0.116. The minimum atomic E-state index is 0.0768. The van der Waals surface area contributed by atoms with Crippen LogP contribution in [-0.2, 0) is 4.79 Å². The highest BCUT2D eigenvalue weighted by molar-refractivity contribution is 5.90. The van der Waals surface area contributed by atoms with Crippen molar-refractivity contribution in [1.29, 1.82) is 0 Å². The van der Waals surface area contributed by atoms with Gasteiger partial charge in [0.25, 0.3) is 0 Å². The van der Waals surface area contributed by atoms with Crippen molar-refractivity contribution < 1.29 is 4.79 Å². The predicted octanol–water partition coefficient (Wildman–Crippen LogP) is 3.45. The molecule has 0 radical (unpaired) electrons. The third-order valence-electron chi connectivity index (χ3n) is 3.77. The number of hydrogen-bond acceptors (Lipinski definition) is 3. The summed E-state index contributed by atoms with van der Waals surface area (Å²) in [6.45, 7) is 6.53. The normalized spacial score (nSPS) is 18.9. The Kier molecular flexibility index (Phi) is 5.39. The smallest absolute Gasteiger partial charge is 0.224 e. The number of pyridine rings is 1. The zero-order valence-electron chi connectivity index (χ0n) is 12.6. The number of aromatic nitrogens is 1. The summed E-state index contributed by atoms with van der Waals surface area (Å²) in [5.41, 5.74) is 0.792. The molecule has 2 heterocycles. The molecule has 1 unspecified atom stereocenters. The Bertz CT molecular complexity index is 430. The van der Waals surface area contributed by atoms with Gasteiger partial charge in [0.15, 0.2) is 0 Å². The molecule has 1 atom stereocenters. The molecule has 0 spiro atoms. The van der Waals surface area contributed by atoms with E-state index in [-0.39, 0.29) is 5.91 Å². The molecular formula is C16H25N3O. The maximum atomic E-state index is 11.7. The van der Waals surface area contributed by atoms with Gasteiger partial charge in [-0.25, -0.2) is 4.98 Å². The Morgan fingerprint density at radius 2 is 2.35 bits per heavy atom. The number of nitrogens with one attached hydrogen (secondary N) is 1. The van der Waals surface area contributed by atoms with E-state index < -0.39 is 0 Å². The fourth-order valence-corrected chi connectivity index (χ4v) is 2.61. The fraction of sp³-hybridized carbons (Fsp3) is 0.625. The highest BCUT2D eigenvalue weighted by Crippen LogP contribution is 2.22. The molecule has 1 amide bonds. The van der Waals surface area contributed by atoms with Crippen LogP contribution in [0.25, 0.3) is 0 Å². The number of hydrogen-bond donors (Lipinski definition) is 1. The molecule has 0 saturated carbocycles. The Morgan fingerprint density at radius 1 is 1.50 bits per heavy atom. The van der Waals surface area contributed by atoms with Crippen LogP contribution in [0.15, 0.2) is 18.3 Å². The van der Waals surface area contributed by atoms with Gasteiger partial charge in [0.05, 0.1) is 11.9 Å². The Labute approximate surface area is 121 Å². The van der Waals surface area contributed by atoms with Crippen LogP contribution in [0.5, 0.6) is 0 Å². The van der Waals surface area contributed by atoms with Gasteiger partial charge in [-0.05, 0) is 37.3 Å². The lowest BCUT2D eigenvalue weighted by Gasteiger charge is -2.31. The van der Waals surface area contributed by atoms with Crippen LogP contribution in [0.1, 0.15) is 46.0 Å². The summed E-state index contributed by atoms with van der Waals surface area (Å²) in [5.74, 6) is 1.83. The van der Waals surface area contributed by atoms with E-state index in [1.54, 1.807) is 6.20 Å². The fourth-order valence-electron chi connectivity index (χ4n) is 2.61. The highest BCUT2D eigenvalue weighted by atomic mass is 16.1. The van der Waals surface area contributed by atoms with E-state index in [2.05, 4.69) is 29.0 Å². The first-order valence-electron chi connectivity index (χ1n) is 7.70. The first-order chi connectivity index (χ1) is 9.69. The van der Waals surface area contributed by atoms with Gasteiger partial charge in [-0.1, -0.05) is 20.3 Å². The van der Waals surface area contributed by atoms with Crippen LogP contribution in [0, 0.1) is 5.92 Å².